The molecule has 0 amide bonds. The molecule has 7 heteroatoms. The fourth-order valence-corrected chi connectivity index (χ4v) is 4.27. The molecule has 110 valence electrons. The van der Waals surface area contributed by atoms with E-state index >= 15 is 0 Å². The first-order chi connectivity index (χ1) is 9.69. The van der Waals surface area contributed by atoms with Crippen LogP contribution in [0.2, 0.25) is 0 Å². The van der Waals surface area contributed by atoms with Gasteiger partial charge in [-0.3, -0.25) is 0 Å². The van der Waals surface area contributed by atoms with E-state index in [-0.39, 0.29) is 21.2 Å². The van der Waals surface area contributed by atoms with Gasteiger partial charge >= 0.3 is 129 Å². The third-order valence-electron chi connectivity index (χ3n) is 3.96. The second-order valence-corrected chi connectivity index (χ2v) is 7.47. The first-order valence-electron chi connectivity index (χ1n) is 6.84. The molecular weight excluding hydrogens is 367 g/mol. The average Bonchev–Trinajstić information content (AvgIpc) is 2.81. The normalized spacial score (nSPS) is 18.1. The molecule has 3 rings (SSSR count). The monoisotopic (exact) mass is 387 g/mol. The number of anilines is 1. The molecule has 1 saturated heterocycles. The zero-order valence-electron chi connectivity index (χ0n) is 11.9. The number of rotatable bonds is 3. The fourth-order valence-electron chi connectivity index (χ4n) is 2.74. The molecule has 6 nitrogen and oxygen atoms in total. The molecule has 0 bridgehead atoms. The van der Waals surface area contributed by atoms with Crippen LogP contribution in [0.3, 0.4) is 0 Å². The minimum atomic E-state index is -0.121. The Labute approximate surface area is 129 Å². The summed E-state index contributed by atoms with van der Waals surface area (Å²) in [5, 5.41) is 5.73. The molecule has 1 fully saturated rings. The first-order valence-corrected chi connectivity index (χ1v) is 10.1. The Morgan fingerprint density at radius 2 is 2.10 bits per heavy atom. The molecule has 0 spiro atoms. The van der Waals surface area contributed by atoms with Crippen LogP contribution in [-0.4, -0.2) is 49.7 Å². The summed E-state index contributed by atoms with van der Waals surface area (Å²) >= 11 is -0.121. The molecule has 0 saturated carbocycles. The van der Waals surface area contributed by atoms with Crippen LogP contribution in [0.25, 0.3) is 11.0 Å². The van der Waals surface area contributed by atoms with Crippen LogP contribution in [-0.2, 0) is 6.54 Å². The summed E-state index contributed by atoms with van der Waals surface area (Å²) in [6.45, 7) is 3.30. The molecule has 0 atom stereocenters. The molecule has 0 unspecified atom stereocenters. The van der Waals surface area contributed by atoms with Gasteiger partial charge in [0, 0.05) is 0 Å². The fraction of sp³-hybridized carbons (Fsp3) is 0.615. The third kappa shape index (κ3) is 2.60. The molecule has 2 aromatic heterocycles. The van der Waals surface area contributed by atoms with E-state index in [1.54, 1.807) is 6.33 Å². The number of nitrogens with two attached hydrogens (primary N) is 1. The van der Waals surface area contributed by atoms with Gasteiger partial charge in [0.05, 0.1) is 0 Å². The number of hydrogen-bond donors (Lipinski definition) is 1. The van der Waals surface area contributed by atoms with Crippen molar-refractivity contribution in [2.45, 2.75) is 19.4 Å². The van der Waals surface area contributed by atoms with Gasteiger partial charge in [0.1, 0.15) is 0 Å². The molecule has 2 aromatic rings. The molecule has 3 heterocycles. The standard InChI is InChI=1S/C13H20IN6/c1-14-11-10-12(15)16-8-17-13(10)20(18-11)7-9-3-5-19(2)6-4-9/h8-9H,3-7H2,1-2H3,(H2,15,16,17)/q-1. The van der Waals surface area contributed by atoms with Crippen LogP contribution in [0.4, 0.5) is 5.82 Å². The van der Waals surface area contributed by atoms with Crippen molar-refractivity contribution in [3.05, 3.63) is 10.0 Å². The number of fused-ring (bicyclic) bond motifs is 1. The van der Waals surface area contributed by atoms with Crippen molar-refractivity contribution in [1.29, 1.82) is 0 Å². The van der Waals surface area contributed by atoms with Gasteiger partial charge in [-0.2, -0.15) is 0 Å². The molecule has 0 radical (unpaired) electrons. The third-order valence-corrected chi connectivity index (χ3v) is 5.74. The van der Waals surface area contributed by atoms with Crippen LogP contribution in [0.15, 0.2) is 6.33 Å². The summed E-state index contributed by atoms with van der Waals surface area (Å²) in [4.78, 5) is 13.1. The Morgan fingerprint density at radius 1 is 1.35 bits per heavy atom. The van der Waals surface area contributed by atoms with Gasteiger partial charge in [-0.1, -0.05) is 0 Å². The van der Waals surface area contributed by atoms with Crippen molar-refractivity contribution in [1.82, 2.24) is 24.6 Å². The maximum atomic E-state index is 6.00. The minimum absolute atomic E-state index is 0.121. The van der Waals surface area contributed by atoms with Crippen LogP contribution in [0.1, 0.15) is 12.8 Å². The van der Waals surface area contributed by atoms with Crippen molar-refractivity contribution in [2.75, 3.05) is 30.8 Å². The Kier molecular flexibility index (Phi) is 4.06. The Morgan fingerprint density at radius 3 is 2.80 bits per heavy atom. The summed E-state index contributed by atoms with van der Waals surface area (Å²) in [5.41, 5.74) is 6.91. The molecule has 2 N–H and O–H groups in total. The molecule has 1 aliphatic heterocycles. The number of nitrogen functional groups attached to an aromatic ring is 1. The predicted molar refractivity (Wildman–Crippen MR) is 74.6 cm³/mol. The maximum absolute atomic E-state index is 6.00. The van der Waals surface area contributed by atoms with Gasteiger partial charge in [-0.25, -0.2) is 0 Å². The van der Waals surface area contributed by atoms with Gasteiger partial charge < -0.3 is 0 Å². The van der Waals surface area contributed by atoms with Crippen molar-refractivity contribution in [3.63, 3.8) is 0 Å². The van der Waals surface area contributed by atoms with E-state index in [1.165, 1.54) is 25.9 Å². The van der Waals surface area contributed by atoms with Gasteiger partial charge in [0.15, 0.2) is 0 Å². The number of nitrogens with zero attached hydrogens (tertiary/aromatic N) is 5. The number of likely N-dealkylation sites (tertiary alicyclic amines) is 1. The van der Waals surface area contributed by atoms with E-state index in [0.717, 1.165) is 21.3 Å². The van der Waals surface area contributed by atoms with E-state index in [2.05, 4.69) is 31.5 Å². The number of piperidine rings is 1. The second kappa shape index (κ2) is 5.80. The predicted octanol–water partition coefficient (Wildman–Crippen LogP) is -2.36. The quantitative estimate of drug-likeness (QED) is 0.471. The summed E-state index contributed by atoms with van der Waals surface area (Å²) in [7, 11) is 2.19. The molecule has 0 aromatic carbocycles. The SMILES string of the molecule is C[I-]c1nn(CC2CCN(C)CC2)c2ncnc(N)c12. The van der Waals surface area contributed by atoms with E-state index in [1.807, 2.05) is 0 Å². The van der Waals surface area contributed by atoms with Gasteiger partial charge in [-0.15, -0.1) is 0 Å². The van der Waals surface area contributed by atoms with E-state index < -0.39 is 0 Å². The zero-order valence-corrected chi connectivity index (χ0v) is 14.0. The summed E-state index contributed by atoms with van der Waals surface area (Å²) in [5.74, 6) is 1.26. The topological polar surface area (TPSA) is 72.9 Å². The van der Waals surface area contributed by atoms with E-state index in [0.29, 0.717) is 11.7 Å². The van der Waals surface area contributed by atoms with Gasteiger partial charge in [0.25, 0.3) is 0 Å². The Bertz CT molecular complexity index is 602. The summed E-state index contributed by atoms with van der Waals surface area (Å²) in [6, 6.07) is 0. The van der Waals surface area contributed by atoms with Crippen molar-refractivity contribution < 1.29 is 21.2 Å². The summed E-state index contributed by atoms with van der Waals surface area (Å²) in [6.07, 6.45) is 4.01. The number of hydrogen-bond acceptors (Lipinski definition) is 5. The van der Waals surface area contributed by atoms with Crippen LogP contribution >= 0.6 is 0 Å². The second-order valence-electron chi connectivity index (χ2n) is 5.37. The Balaban J connectivity index is 1.90. The van der Waals surface area contributed by atoms with Crippen molar-refractivity contribution in [2.24, 2.45) is 5.92 Å². The zero-order chi connectivity index (χ0) is 14.1. The van der Waals surface area contributed by atoms with Crippen molar-refractivity contribution >= 4 is 16.9 Å². The molecule has 20 heavy (non-hydrogen) atoms. The van der Waals surface area contributed by atoms with Crippen LogP contribution in [0, 0.1) is 9.62 Å². The van der Waals surface area contributed by atoms with Gasteiger partial charge in [-0.05, 0) is 0 Å². The van der Waals surface area contributed by atoms with Crippen LogP contribution in [0.5, 0.6) is 0 Å². The Hall–Kier alpha value is -0.960. The molecule has 0 aliphatic carbocycles. The van der Waals surface area contributed by atoms with E-state index in [9.17, 15) is 0 Å². The number of halogens is 1. The summed E-state index contributed by atoms with van der Waals surface area (Å²) < 4.78 is 3.17. The van der Waals surface area contributed by atoms with E-state index in [4.69, 9.17) is 10.8 Å². The van der Waals surface area contributed by atoms with Gasteiger partial charge in [0.2, 0.25) is 0 Å². The van der Waals surface area contributed by atoms with Crippen LogP contribution < -0.4 is 26.9 Å². The number of aromatic nitrogens is 4. The molecule has 1 aliphatic rings. The molecular formula is C13H20IN6-. The average molecular weight is 387 g/mol. The van der Waals surface area contributed by atoms with Crippen molar-refractivity contribution in [3.8, 4) is 0 Å². The first kappa shape index (κ1) is 14.0. The number of alkyl halides is 1.